The fraction of sp³-hybridized carbons (Fsp3) is 0.276. The minimum absolute atomic E-state index is 0.0429. The van der Waals surface area contributed by atoms with E-state index in [4.69, 9.17) is 0 Å². The summed E-state index contributed by atoms with van der Waals surface area (Å²) in [6, 6.07) is 24.2. The Bertz CT molecular complexity index is 1170. The first-order chi connectivity index (χ1) is 17.6. The molecule has 1 heterocycles. The van der Waals surface area contributed by atoms with Crippen LogP contribution in [0.5, 0.6) is 0 Å². The first-order valence-corrected chi connectivity index (χ1v) is 12.4. The Morgan fingerprint density at radius 1 is 0.694 bits per heavy atom. The van der Waals surface area contributed by atoms with Crippen LogP contribution in [0.1, 0.15) is 41.6 Å². The highest BCUT2D eigenvalue weighted by Gasteiger charge is 2.18. The van der Waals surface area contributed by atoms with Crippen molar-refractivity contribution < 1.29 is 14.4 Å². The monoisotopic (exact) mass is 484 g/mol. The number of hydrogen-bond acceptors (Lipinski definition) is 4. The number of anilines is 3. The summed E-state index contributed by atoms with van der Waals surface area (Å²) < 4.78 is 0. The molecule has 186 valence electrons. The number of nitrogens with zero attached hydrogens (tertiary/aromatic N) is 1. The van der Waals surface area contributed by atoms with Crippen LogP contribution < -0.4 is 16.0 Å². The molecule has 3 N–H and O–H groups in total. The summed E-state index contributed by atoms with van der Waals surface area (Å²) in [5.41, 5.74) is 3.80. The molecule has 1 saturated heterocycles. The van der Waals surface area contributed by atoms with Crippen molar-refractivity contribution in [1.29, 1.82) is 0 Å². The van der Waals surface area contributed by atoms with Crippen LogP contribution >= 0.6 is 0 Å². The topological polar surface area (TPSA) is 90.5 Å². The van der Waals surface area contributed by atoms with Gasteiger partial charge >= 0.3 is 0 Å². The SMILES string of the molecule is O=C(CCc1ccccc1)Nc1cccc(NCC(=O)Nc2ccc(C(=O)N3CCCCC3)cc2)c1. The van der Waals surface area contributed by atoms with Crippen molar-refractivity contribution in [3.05, 3.63) is 90.0 Å². The van der Waals surface area contributed by atoms with Gasteiger partial charge in [0.15, 0.2) is 0 Å². The van der Waals surface area contributed by atoms with Gasteiger partial charge in [-0.2, -0.15) is 0 Å². The average molecular weight is 485 g/mol. The van der Waals surface area contributed by atoms with Crippen LogP contribution in [-0.2, 0) is 16.0 Å². The summed E-state index contributed by atoms with van der Waals surface area (Å²) in [5, 5.41) is 8.83. The number of benzene rings is 3. The predicted molar refractivity (Wildman–Crippen MR) is 143 cm³/mol. The Kier molecular flexibility index (Phi) is 8.70. The van der Waals surface area contributed by atoms with Crippen molar-refractivity contribution in [2.75, 3.05) is 35.6 Å². The average Bonchev–Trinajstić information content (AvgIpc) is 2.92. The normalized spacial score (nSPS) is 13.1. The largest absolute Gasteiger partial charge is 0.376 e. The molecule has 7 heteroatoms. The van der Waals surface area contributed by atoms with Crippen molar-refractivity contribution in [3.63, 3.8) is 0 Å². The van der Waals surface area contributed by atoms with Crippen molar-refractivity contribution in [3.8, 4) is 0 Å². The van der Waals surface area contributed by atoms with E-state index >= 15 is 0 Å². The fourth-order valence-electron chi connectivity index (χ4n) is 4.20. The molecule has 0 radical (unpaired) electrons. The molecule has 3 aromatic carbocycles. The maximum atomic E-state index is 12.6. The van der Waals surface area contributed by atoms with E-state index in [1.165, 1.54) is 6.42 Å². The minimum atomic E-state index is -0.206. The zero-order valence-corrected chi connectivity index (χ0v) is 20.3. The van der Waals surface area contributed by atoms with Gasteiger partial charge in [-0.05, 0) is 73.7 Å². The van der Waals surface area contributed by atoms with Crippen molar-refractivity contribution in [2.45, 2.75) is 32.1 Å². The van der Waals surface area contributed by atoms with Crippen LogP contribution in [-0.4, -0.2) is 42.3 Å². The van der Waals surface area contributed by atoms with E-state index in [2.05, 4.69) is 16.0 Å². The van der Waals surface area contributed by atoms with E-state index in [0.717, 1.165) is 37.2 Å². The molecule has 36 heavy (non-hydrogen) atoms. The molecule has 1 aliphatic rings. The van der Waals surface area contributed by atoms with Gasteiger partial charge < -0.3 is 20.9 Å². The minimum Gasteiger partial charge on any atom is -0.376 e. The molecule has 4 rings (SSSR count). The van der Waals surface area contributed by atoms with Gasteiger partial charge in [-0.15, -0.1) is 0 Å². The van der Waals surface area contributed by atoms with Crippen molar-refractivity contribution in [1.82, 2.24) is 4.90 Å². The van der Waals surface area contributed by atoms with E-state index < -0.39 is 0 Å². The summed E-state index contributed by atoms with van der Waals surface area (Å²) in [4.78, 5) is 39.2. The number of piperidine rings is 1. The number of rotatable bonds is 9. The Labute approximate surface area is 211 Å². The molecular formula is C29H32N4O3. The first-order valence-electron chi connectivity index (χ1n) is 12.4. The number of carbonyl (C=O) groups is 3. The zero-order valence-electron chi connectivity index (χ0n) is 20.3. The molecule has 1 fully saturated rings. The van der Waals surface area contributed by atoms with E-state index in [1.807, 2.05) is 53.4 Å². The third-order valence-electron chi connectivity index (χ3n) is 6.14. The van der Waals surface area contributed by atoms with Crippen molar-refractivity contribution in [2.24, 2.45) is 0 Å². The molecule has 3 aromatic rings. The van der Waals surface area contributed by atoms with E-state index in [1.54, 1.807) is 30.3 Å². The Balaban J connectivity index is 1.22. The Hall–Kier alpha value is -4.13. The molecule has 3 amide bonds. The van der Waals surface area contributed by atoms with Gasteiger partial charge in [0.2, 0.25) is 11.8 Å². The van der Waals surface area contributed by atoms with Crippen LogP contribution in [0.2, 0.25) is 0 Å². The molecule has 0 unspecified atom stereocenters. The van der Waals surface area contributed by atoms with Gasteiger partial charge in [-0.1, -0.05) is 36.4 Å². The fourth-order valence-corrected chi connectivity index (χ4v) is 4.20. The summed E-state index contributed by atoms with van der Waals surface area (Å²) in [6.45, 7) is 1.68. The highest BCUT2D eigenvalue weighted by molar-refractivity contribution is 5.97. The zero-order chi connectivity index (χ0) is 25.2. The number of amides is 3. The molecule has 0 bridgehead atoms. The molecular weight excluding hydrogens is 452 g/mol. The second-order valence-corrected chi connectivity index (χ2v) is 8.95. The lowest BCUT2D eigenvalue weighted by Gasteiger charge is -2.26. The molecule has 0 spiro atoms. The highest BCUT2D eigenvalue weighted by Crippen LogP contribution is 2.17. The summed E-state index contributed by atoms with van der Waals surface area (Å²) in [6.07, 6.45) is 4.36. The Morgan fingerprint density at radius 3 is 2.14 bits per heavy atom. The van der Waals surface area contributed by atoms with E-state index in [0.29, 0.717) is 29.8 Å². The summed E-state index contributed by atoms with van der Waals surface area (Å²) >= 11 is 0. The van der Waals surface area contributed by atoms with Crippen LogP contribution in [0, 0.1) is 0 Å². The summed E-state index contributed by atoms with van der Waals surface area (Å²) in [5.74, 6) is -0.223. The Morgan fingerprint density at radius 2 is 1.39 bits per heavy atom. The van der Waals surface area contributed by atoms with E-state index in [9.17, 15) is 14.4 Å². The lowest BCUT2D eigenvalue weighted by Crippen LogP contribution is -2.35. The van der Waals surface area contributed by atoms with Crippen LogP contribution in [0.25, 0.3) is 0 Å². The molecule has 0 aromatic heterocycles. The molecule has 1 aliphatic heterocycles. The lowest BCUT2D eigenvalue weighted by atomic mass is 10.1. The number of likely N-dealkylation sites (tertiary alicyclic amines) is 1. The van der Waals surface area contributed by atoms with Crippen LogP contribution in [0.4, 0.5) is 17.1 Å². The number of hydrogen-bond donors (Lipinski definition) is 3. The molecule has 0 saturated carbocycles. The number of carbonyl (C=O) groups excluding carboxylic acids is 3. The standard InChI is InChI=1S/C29H32N4O3/c34-27(17-12-22-8-3-1-4-9-22)32-26-11-7-10-25(20-26)30-21-28(35)31-24-15-13-23(14-16-24)29(36)33-18-5-2-6-19-33/h1,3-4,7-11,13-16,20,30H,2,5-6,12,17-19,21H2,(H,31,35)(H,32,34). The highest BCUT2D eigenvalue weighted by atomic mass is 16.2. The maximum Gasteiger partial charge on any atom is 0.253 e. The van der Waals surface area contributed by atoms with Crippen LogP contribution in [0.15, 0.2) is 78.9 Å². The van der Waals surface area contributed by atoms with Crippen molar-refractivity contribution >= 4 is 34.8 Å². The lowest BCUT2D eigenvalue weighted by molar-refractivity contribution is -0.116. The quantitative estimate of drug-likeness (QED) is 0.402. The van der Waals surface area contributed by atoms with Gasteiger partial charge in [-0.3, -0.25) is 14.4 Å². The molecule has 0 aliphatic carbocycles. The number of aryl methyl sites for hydroxylation is 1. The second-order valence-electron chi connectivity index (χ2n) is 8.95. The van der Waals surface area contributed by atoms with Gasteiger partial charge in [0.25, 0.3) is 5.91 Å². The maximum absolute atomic E-state index is 12.6. The first kappa shape index (κ1) is 25.0. The number of nitrogens with one attached hydrogen (secondary N) is 3. The smallest absolute Gasteiger partial charge is 0.253 e. The second kappa shape index (κ2) is 12.5. The molecule has 0 atom stereocenters. The predicted octanol–water partition coefficient (Wildman–Crippen LogP) is 4.93. The third kappa shape index (κ3) is 7.43. The summed E-state index contributed by atoms with van der Waals surface area (Å²) in [7, 11) is 0. The van der Waals surface area contributed by atoms with E-state index in [-0.39, 0.29) is 24.3 Å². The van der Waals surface area contributed by atoms with Gasteiger partial charge in [0.1, 0.15) is 0 Å². The van der Waals surface area contributed by atoms with Gasteiger partial charge in [0.05, 0.1) is 6.54 Å². The molecule has 7 nitrogen and oxygen atoms in total. The van der Waals surface area contributed by atoms with Gasteiger partial charge in [-0.25, -0.2) is 0 Å². The van der Waals surface area contributed by atoms with Gasteiger partial charge in [0, 0.05) is 42.1 Å². The third-order valence-corrected chi connectivity index (χ3v) is 6.14. The van der Waals surface area contributed by atoms with Crippen LogP contribution in [0.3, 0.4) is 0 Å².